The predicted molar refractivity (Wildman–Crippen MR) is 89.2 cm³/mol. The molecule has 0 aliphatic carbocycles. The van der Waals surface area contributed by atoms with Crippen LogP contribution in [0, 0.1) is 5.92 Å². The maximum atomic E-state index is 12.7. The van der Waals surface area contributed by atoms with E-state index >= 15 is 0 Å². The van der Waals surface area contributed by atoms with Gasteiger partial charge in [-0.15, -0.1) is 0 Å². The smallest absolute Gasteiger partial charge is 0.277 e. The number of aromatic nitrogens is 2. The fraction of sp³-hybridized carbons (Fsp3) is 0.353. The normalized spacial score (nSPS) is 10.5. The summed E-state index contributed by atoms with van der Waals surface area (Å²) in [6.45, 7) is 7.58. The maximum Gasteiger partial charge on any atom is 0.277 e. The van der Waals surface area contributed by atoms with Crippen molar-refractivity contribution in [2.75, 3.05) is 23.3 Å². The van der Waals surface area contributed by atoms with Gasteiger partial charge < -0.3 is 10.2 Å². The van der Waals surface area contributed by atoms with Crippen LogP contribution in [-0.2, 0) is 0 Å². The molecule has 0 saturated heterocycles. The van der Waals surface area contributed by atoms with Crippen LogP contribution in [0.2, 0.25) is 0 Å². The first-order chi connectivity index (χ1) is 10.6. The molecule has 0 aliphatic rings. The number of rotatable bonds is 6. The molecular weight excluding hydrogens is 276 g/mol. The Morgan fingerprint density at radius 3 is 2.59 bits per heavy atom. The Morgan fingerprint density at radius 1 is 1.23 bits per heavy atom. The van der Waals surface area contributed by atoms with Crippen molar-refractivity contribution < 1.29 is 4.79 Å². The summed E-state index contributed by atoms with van der Waals surface area (Å²) in [6, 6.07) is 11.3. The second-order valence-corrected chi connectivity index (χ2v) is 5.45. The van der Waals surface area contributed by atoms with Gasteiger partial charge in [0, 0.05) is 24.8 Å². The van der Waals surface area contributed by atoms with E-state index in [4.69, 9.17) is 0 Å². The van der Waals surface area contributed by atoms with Crippen molar-refractivity contribution in [1.29, 1.82) is 0 Å². The quantitative estimate of drug-likeness (QED) is 0.889. The summed E-state index contributed by atoms with van der Waals surface area (Å²) >= 11 is 0. The molecule has 0 aliphatic heterocycles. The Labute approximate surface area is 131 Å². The predicted octanol–water partition coefficient (Wildman–Crippen LogP) is 3.21. The number of anilines is 2. The summed E-state index contributed by atoms with van der Waals surface area (Å²) in [5, 5.41) is 3.21. The van der Waals surface area contributed by atoms with E-state index in [-0.39, 0.29) is 5.91 Å². The molecule has 0 radical (unpaired) electrons. The number of amides is 1. The second-order valence-electron chi connectivity index (χ2n) is 5.45. The van der Waals surface area contributed by atoms with Crippen LogP contribution in [0.15, 0.2) is 42.7 Å². The van der Waals surface area contributed by atoms with E-state index in [2.05, 4.69) is 29.1 Å². The van der Waals surface area contributed by atoms with Crippen LogP contribution in [0.3, 0.4) is 0 Å². The summed E-state index contributed by atoms with van der Waals surface area (Å²) in [7, 11) is 0. The Kier molecular flexibility index (Phi) is 5.47. The average molecular weight is 298 g/mol. The molecule has 5 heteroatoms. The molecule has 1 amide bonds. The van der Waals surface area contributed by atoms with Crippen LogP contribution in [0.25, 0.3) is 0 Å². The molecule has 2 aromatic rings. The minimum Gasteiger partial charge on any atom is -0.370 e. The van der Waals surface area contributed by atoms with Crippen molar-refractivity contribution >= 4 is 17.4 Å². The lowest BCUT2D eigenvalue weighted by atomic mass is 10.2. The lowest BCUT2D eigenvalue weighted by Gasteiger charge is -2.20. The van der Waals surface area contributed by atoms with Crippen LogP contribution in [0.4, 0.5) is 11.5 Å². The Balaban J connectivity index is 2.19. The first kappa shape index (κ1) is 15.9. The van der Waals surface area contributed by atoms with Gasteiger partial charge >= 0.3 is 0 Å². The van der Waals surface area contributed by atoms with Crippen LogP contribution < -0.4 is 10.2 Å². The highest BCUT2D eigenvalue weighted by Crippen LogP contribution is 2.16. The molecule has 0 fully saturated rings. The Bertz CT molecular complexity index is 613. The van der Waals surface area contributed by atoms with Crippen molar-refractivity contribution in [3.63, 3.8) is 0 Å². The van der Waals surface area contributed by atoms with Gasteiger partial charge in [0.05, 0.1) is 0 Å². The lowest BCUT2D eigenvalue weighted by molar-refractivity contribution is 0.0983. The van der Waals surface area contributed by atoms with Gasteiger partial charge in [0.25, 0.3) is 5.91 Å². The molecule has 0 spiro atoms. The highest BCUT2D eigenvalue weighted by atomic mass is 16.2. The Morgan fingerprint density at radius 2 is 1.95 bits per heavy atom. The van der Waals surface area contributed by atoms with E-state index in [1.807, 2.05) is 37.3 Å². The van der Waals surface area contributed by atoms with E-state index in [9.17, 15) is 4.79 Å². The molecule has 0 bridgehead atoms. The third-order valence-electron chi connectivity index (χ3n) is 3.21. The van der Waals surface area contributed by atoms with Crippen molar-refractivity contribution in [3.8, 4) is 0 Å². The molecule has 1 aromatic carbocycles. The van der Waals surface area contributed by atoms with Crippen LogP contribution >= 0.6 is 0 Å². The highest BCUT2D eigenvalue weighted by Gasteiger charge is 2.17. The number of nitrogens with zero attached hydrogens (tertiary/aromatic N) is 3. The fourth-order valence-electron chi connectivity index (χ4n) is 2.07. The van der Waals surface area contributed by atoms with Gasteiger partial charge in [0.1, 0.15) is 17.8 Å². The molecule has 5 nitrogen and oxygen atoms in total. The Hall–Kier alpha value is -2.43. The standard InChI is InChI=1S/C17H22N4O/c1-4-21(14-8-6-5-7-9-14)17(22)15-10-16(20-12-19-15)18-11-13(2)3/h5-10,12-13H,4,11H2,1-3H3,(H,18,19,20). The first-order valence-electron chi connectivity index (χ1n) is 7.54. The third kappa shape index (κ3) is 4.04. The second kappa shape index (κ2) is 7.54. The summed E-state index contributed by atoms with van der Waals surface area (Å²) in [6.07, 6.45) is 1.43. The van der Waals surface area contributed by atoms with Crippen molar-refractivity contribution in [2.45, 2.75) is 20.8 Å². The van der Waals surface area contributed by atoms with E-state index in [0.717, 1.165) is 12.2 Å². The van der Waals surface area contributed by atoms with Crippen LogP contribution in [0.1, 0.15) is 31.3 Å². The molecule has 1 heterocycles. The zero-order valence-electron chi connectivity index (χ0n) is 13.3. The van der Waals surface area contributed by atoms with E-state index in [1.54, 1.807) is 11.0 Å². The highest BCUT2D eigenvalue weighted by molar-refractivity contribution is 6.05. The minimum atomic E-state index is -0.122. The zero-order valence-corrected chi connectivity index (χ0v) is 13.3. The van der Waals surface area contributed by atoms with Crippen LogP contribution in [-0.4, -0.2) is 29.0 Å². The SMILES string of the molecule is CCN(C(=O)c1cc(NCC(C)C)ncn1)c1ccccc1. The summed E-state index contributed by atoms with van der Waals surface area (Å²) in [5.74, 6) is 1.06. The molecule has 1 N–H and O–H groups in total. The molecular formula is C17H22N4O. The zero-order chi connectivity index (χ0) is 15.9. The van der Waals surface area contributed by atoms with Gasteiger partial charge in [-0.1, -0.05) is 32.0 Å². The number of nitrogens with one attached hydrogen (secondary N) is 1. The summed E-state index contributed by atoms with van der Waals surface area (Å²) < 4.78 is 0. The number of carbonyl (C=O) groups is 1. The average Bonchev–Trinajstić information content (AvgIpc) is 2.55. The van der Waals surface area contributed by atoms with Gasteiger partial charge in [-0.25, -0.2) is 9.97 Å². The molecule has 22 heavy (non-hydrogen) atoms. The number of benzene rings is 1. The molecule has 116 valence electrons. The van der Waals surface area contributed by atoms with Gasteiger partial charge in [-0.3, -0.25) is 4.79 Å². The summed E-state index contributed by atoms with van der Waals surface area (Å²) in [4.78, 5) is 22.7. The molecule has 0 atom stereocenters. The van der Waals surface area contributed by atoms with E-state index in [0.29, 0.717) is 24.0 Å². The van der Waals surface area contributed by atoms with Gasteiger partial charge in [0.15, 0.2) is 0 Å². The minimum absolute atomic E-state index is 0.122. The van der Waals surface area contributed by atoms with Gasteiger partial charge in [-0.2, -0.15) is 0 Å². The van der Waals surface area contributed by atoms with Crippen molar-refractivity contribution in [1.82, 2.24) is 9.97 Å². The van der Waals surface area contributed by atoms with Crippen LogP contribution in [0.5, 0.6) is 0 Å². The number of hydrogen-bond donors (Lipinski definition) is 1. The first-order valence-corrected chi connectivity index (χ1v) is 7.54. The summed E-state index contributed by atoms with van der Waals surface area (Å²) in [5.41, 5.74) is 1.26. The molecule has 1 aromatic heterocycles. The molecule has 2 rings (SSSR count). The van der Waals surface area contributed by atoms with E-state index < -0.39 is 0 Å². The third-order valence-corrected chi connectivity index (χ3v) is 3.21. The molecule has 0 unspecified atom stereocenters. The van der Waals surface area contributed by atoms with Gasteiger partial charge in [0.2, 0.25) is 0 Å². The van der Waals surface area contributed by atoms with Crippen molar-refractivity contribution in [3.05, 3.63) is 48.4 Å². The topological polar surface area (TPSA) is 58.1 Å². The maximum absolute atomic E-state index is 12.7. The molecule has 0 saturated carbocycles. The number of carbonyl (C=O) groups excluding carboxylic acids is 1. The number of hydrogen-bond acceptors (Lipinski definition) is 4. The van der Waals surface area contributed by atoms with E-state index in [1.165, 1.54) is 6.33 Å². The van der Waals surface area contributed by atoms with Crippen molar-refractivity contribution in [2.24, 2.45) is 5.92 Å². The van der Waals surface area contributed by atoms with Gasteiger partial charge in [-0.05, 0) is 25.0 Å². The number of para-hydroxylation sites is 1. The lowest BCUT2D eigenvalue weighted by Crippen LogP contribution is -2.31. The largest absolute Gasteiger partial charge is 0.370 e. The fourth-order valence-corrected chi connectivity index (χ4v) is 2.07. The monoisotopic (exact) mass is 298 g/mol.